The molecule has 0 saturated carbocycles. The molecule has 14 rings (SSSR count). The molecule has 0 amide bonds. The van der Waals surface area contributed by atoms with E-state index in [1.165, 1.54) is 9.47 Å². The van der Waals surface area contributed by atoms with Crippen molar-refractivity contribution >= 4 is 122 Å². The summed E-state index contributed by atoms with van der Waals surface area (Å²) < 4.78 is 247. The van der Waals surface area contributed by atoms with Crippen LogP contribution in [0.15, 0.2) is 155 Å². The van der Waals surface area contributed by atoms with E-state index in [0.717, 1.165) is 4.90 Å². The number of anilines is 6. The van der Waals surface area contributed by atoms with E-state index in [9.17, 15) is 27.2 Å². The van der Waals surface area contributed by atoms with Gasteiger partial charge in [0.1, 0.15) is 5.58 Å². The zero-order valence-electron chi connectivity index (χ0n) is 60.7. The molecule has 6 heterocycles. The van der Waals surface area contributed by atoms with Crippen LogP contribution in [0.5, 0.6) is 0 Å². The number of rotatable bonds is 2. The quantitative estimate of drug-likeness (QED) is 0.162. The molecule has 0 spiro atoms. The van der Waals surface area contributed by atoms with E-state index in [1.807, 2.05) is 6.07 Å². The predicted molar refractivity (Wildman–Crippen MR) is 279 cm³/mol. The lowest BCUT2D eigenvalue weighted by Gasteiger charge is -2.45. The molecule has 0 unspecified atom stereocenters. The lowest BCUT2D eigenvalue weighted by molar-refractivity contribution is 0.590. The summed E-state index contributed by atoms with van der Waals surface area (Å²) in [5.74, 6) is 0. The van der Waals surface area contributed by atoms with Crippen LogP contribution >= 0.6 is 11.3 Å². The SMILES string of the molecule is [2H]c1c([2H])c([2H])c(-c2c([2H])c([2H])c3oc4c(c3c2[2H])N(c2c([2H])c([2H])c3c(sc5c([2H])c([2H])c([2H])c([2H])c53)c2[2H])c2c([2H])c(C#N)c([2H])c3c2B4c2c([2H])c([2H])c([2H])c4c2N3c2c([2H])c(C(C)(C)C)c([2H])c3c5c([2H])c(C(C)(C)C)c([2H])c([2H])c5n-4c23)c([2H])c1[2H]. The minimum atomic E-state index is -1.84. The molecule has 3 aliphatic heterocycles. The molecule has 314 valence electrons. The van der Waals surface area contributed by atoms with Gasteiger partial charge in [-0.25, -0.2) is 0 Å². The fraction of sp³-hybridized carbons (Fsp3) is 0.136. The van der Waals surface area contributed by atoms with E-state index in [1.54, 1.807) is 41.5 Å². The number of aromatic nitrogens is 1. The molecule has 66 heavy (non-hydrogen) atoms. The second kappa shape index (κ2) is 12.8. The normalized spacial score (nSPS) is 19.1. The first-order valence-electron chi connectivity index (χ1n) is 33.4. The van der Waals surface area contributed by atoms with Crippen LogP contribution in [0, 0.1) is 11.3 Å². The fourth-order valence-corrected chi connectivity index (χ4v) is 10.4. The third-order valence-corrected chi connectivity index (χ3v) is 13.4. The number of nitriles is 1. The molecular formula is C59H43BN4OS. The lowest BCUT2D eigenvalue weighted by atomic mass is 9.35. The van der Waals surface area contributed by atoms with Gasteiger partial charge in [-0.3, -0.25) is 0 Å². The zero-order chi connectivity index (χ0) is 66.3. The first-order valence-corrected chi connectivity index (χ1v) is 21.7. The van der Waals surface area contributed by atoms with Crippen molar-refractivity contribution in [3.63, 3.8) is 0 Å². The molecule has 0 fully saturated rings. The summed E-state index contributed by atoms with van der Waals surface area (Å²) in [6, 6.07) is -15.5. The van der Waals surface area contributed by atoms with Gasteiger partial charge in [0.05, 0.1) is 85.3 Å². The number of hydrogen-bond acceptors (Lipinski definition) is 5. The maximum absolute atomic E-state index is 11.4. The Morgan fingerprint density at radius 2 is 1.33 bits per heavy atom. The first kappa shape index (κ1) is 20.8. The van der Waals surface area contributed by atoms with Crippen molar-refractivity contribution in [2.75, 3.05) is 9.80 Å². The predicted octanol–water partition coefficient (Wildman–Crippen LogP) is 14.4. The molecule has 3 aliphatic rings. The molecule has 0 radical (unpaired) electrons. The highest BCUT2D eigenvalue weighted by atomic mass is 32.1. The Kier molecular flexibility index (Phi) is 4.04. The van der Waals surface area contributed by atoms with Gasteiger partial charge in [0, 0.05) is 53.4 Å². The highest BCUT2D eigenvalue weighted by molar-refractivity contribution is 7.25. The highest BCUT2D eigenvalue weighted by Crippen LogP contribution is 2.55. The van der Waals surface area contributed by atoms with Crippen LogP contribution in [-0.2, 0) is 10.8 Å². The van der Waals surface area contributed by atoms with Gasteiger partial charge in [-0.05, 0) is 117 Å². The Morgan fingerprint density at radius 3 is 2.14 bits per heavy atom. The Balaban J connectivity index is 1.27. The van der Waals surface area contributed by atoms with E-state index in [0.29, 0.717) is 11.3 Å². The van der Waals surface area contributed by atoms with Crippen molar-refractivity contribution in [3.05, 3.63) is 168 Å². The number of benzene rings is 8. The molecule has 0 aliphatic carbocycles. The van der Waals surface area contributed by atoms with Crippen LogP contribution in [0.1, 0.15) is 92.5 Å². The molecule has 7 heteroatoms. The monoisotopic (exact) mass is 891 g/mol. The minimum absolute atomic E-state index is 0.0320. The summed E-state index contributed by atoms with van der Waals surface area (Å²) in [5, 5.41) is 10.4. The highest BCUT2D eigenvalue weighted by Gasteiger charge is 2.49. The summed E-state index contributed by atoms with van der Waals surface area (Å²) in [4.78, 5) is 2.29. The van der Waals surface area contributed by atoms with Crippen LogP contribution in [0.3, 0.4) is 0 Å². The van der Waals surface area contributed by atoms with Crippen LogP contribution in [0.2, 0.25) is 0 Å². The van der Waals surface area contributed by atoms with E-state index >= 15 is 0 Å². The maximum Gasteiger partial charge on any atom is 0.297 e. The standard InChI is InChI=1S/C59H43BN4OS/c1-58(2,3)36-20-23-45-41(28-36)42-29-37(59(4,5)6)30-49-54(42)63(45)46-17-12-16-44-56(46)64(49)48-26-33(32-61)25-47-53(48)60(44)57-55(43-27-35(19-24-50(43)65-57)34-13-8-7-9-14-34)62(47)38-21-22-40-39-15-10-11-18-51(39)66-52(40)31-38/h7-31H,1-6H3/i7D,8D,9D,10D,11D,12D,13D,14D,15D,16D,17D,18D,19D,20D,21D,22D,23D,24D,25D,26D,27D,28D,29D,30D,31D. The second-order valence-corrected chi connectivity index (χ2v) is 19.5. The van der Waals surface area contributed by atoms with Crippen molar-refractivity contribution in [2.24, 2.45) is 0 Å². The summed E-state index contributed by atoms with van der Waals surface area (Å²) in [7, 11) is 0. The second-order valence-electron chi connectivity index (χ2n) is 18.4. The molecule has 3 aromatic heterocycles. The van der Waals surface area contributed by atoms with Crippen molar-refractivity contribution in [2.45, 2.75) is 52.4 Å². The van der Waals surface area contributed by atoms with Gasteiger partial charge in [0.2, 0.25) is 0 Å². The summed E-state index contributed by atoms with van der Waals surface area (Å²) in [6.45, 7) is 8.59. The fourth-order valence-electron chi connectivity index (χ4n) is 9.42. The van der Waals surface area contributed by atoms with Crippen LogP contribution in [0.25, 0.3) is 69.8 Å². The lowest BCUT2D eigenvalue weighted by Crippen LogP contribution is -2.61. The van der Waals surface area contributed by atoms with Gasteiger partial charge < -0.3 is 18.8 Å². The first-order chi connectivity index (χ1) is 42.4. The Hall–Kier alpha value is -7.53. The van der Waals surface area contributed by atoms with Crippen molar-refractivity contribution in [3.8, 4) is 22.9 Å². The number of nitrogens with zero attached hydrogens (tertiary/aromatic N) is 4. The third kappa shape index (κ3) is 5.00. The third-order valence-electron chi connectivity index (χ3n) is 12.4. The topological polar surface area (TPSA) is 48.3 Å². The molecule has 0 saturated heterocycles. The van der Waals surface area contributed by atoms with Crippen molar-refractivity contribution in [1.82, 2.24) is 4.57 Å². The molecule has 5 nitrogen and oxygen atoms in total. The van der Waals surface area contributed by atoms with Gasteiger partial charge in [-0.1, -0.05) is 120 Å². The average Bonchev–Trinajstić information content (AvgIpc) is 1.63. The zero-order valence-corrected chi connectivity index (χ0v) is 36.5. The summed E-state index contributed by atoms with van der Waals surface area (Å²) >= 11 is 0.667. The molecule has 0 atom stereocenters. The number of furan rings is 1. The molecule has 8 aromatic carbocycles. The van der Waals surface area contributed by atoms with Crippen molar-refractivity contribution in [1.29, 1.82) is 5.26 Å². The van der Waals surface area contributed by atoms with Gasteiger partial charge in [-0.15, -0.1) is 11.3 Å². The van der Waals surface area contributed by atoms with Gasteiger partial charge >= 0.3 is 0 Å². The van der Waals surface area contributed by atoms with E-state index in [4.69, 9.17) is 16.8 Å². The van der Waals surface area contributed by atoms with Gasteiger partial charge in [-0.2, -0.15) is 5.26 Å². The van der Waals surface area contributed by atoms with Gasteiger partial charge in [0.15, 0.2) is 0 Å². The van der Waals surface area contributed by atoms with E-state index in [2.05, 4.69) is 0 Å². The number of hydrogen-bond donors (Lipinski definition) is 0. The average molecular weight is 892 g/mol. The minimum Gasteiger partial charge on any atom is -0.468 e. The molecule has 0 bridgehead atoms. The number of para-hydroxylation sites is 1. The Morgan fingerprint density at radius 1 is 0.576 bits per heavy atom. The van der Waals surface area contributed by atoms with Crippen molar-refractivity contribution < 1.29 is 38.7 Å². The molecular weight excluding hydrogens is 824 g/mol. The van der Waals surface area contributed by atoms with Crippen LogP contribution < -0.4 is 26.4 Å². The van der Waals surface area contributed by atoms with E-state index in [-0.39, 0.29) is 98.9 Å². The summed E-state index contributed by atoms with van der Waals surface area (Å²) in [6.07, 6.45) is 0. The Bertz CT molecular complexity index is 5470. The molecule has 11 aromatic rings. The van der Waals surface area contributed by atoms with E-state index < -0.39 is 207 Å². The summed E-state index contributed by atoms with van der Waals surface area (Å²) in [5.41, 5.74) is -9.02. The Labute approximate surface area is 422 Å². The van der Waals surface area contributed by atoms with Crippen LogP contribution in [-0.4, -0.2) is 11.3 Å². The molecule has 0 N–H and O–H groups in total. The largest absolute Gasteiger partial charge is 0.468 e. The van der Waals surface area contributed by atoms with Crippen LogP contribution in [0.4, 0.5) is 34.1 Å². The maximum atomic E-state index is 11.4. The number of thiophene rings is 1. The number of fused-ring (bicyclic) bond motifs is 14. The smallest absolute Gasteiger partial charge is 0.297 e. The van der Waals surface area contributed by atoms with Gasteiger partial charge in [0.25, 0.3) is 6.71 Å².